The molecule has 0 radical (unpaired) electrons. The number of benzene rings is 1. The van der Waals surface area contributed by atoms with E-state index in [1.807, 2.05) is 0 Å². The Bertz CT molecular complexity index is 340. The minimum absolute atomic E-state index is 0.443. The molecule has 0 saturated heterocycles. The van der Waals surface area contributed by atoms with Crippen molar-refractivity contribution in [2.24, 2.45) is 0 Å². The fourth-order valence-electron chi connectivity index (χ4n) is 0.781. The maximum Gasteiger partial charge on any atom is 0.422 e. The summed E-state index contributed by atoms with van der Waals surface area (Å²) >= 11 is 2.58. The third-order valence-corrected chi connectivity index (χ3v) is 2.12. The van der Waals surface area contributed by atoms with Gasteiger partial charge in [-0.25, -0.2) is 8.78 Å². The van der Waals surface area contributed by atoms with Crippen LogP contribution in [0.5, 0.6) is 5.75 Å². The average molecular weight is 291 g/mol. The zero-order valence-corrected chi connectivity index (χ0v) is 8.62. The molecule has 0 bridgehead atoms. The summed E-state index contributed by atoms with van der Waals surface area (Å²) in [6, 6.07) is 1.33. The molecule has 0 heterocycles. The molecule has 0 atom stereocenters. The Morgan fingerprint density at radius 3 is 2.00 bits per heavy atom. The third kappa shape index (κ3) is 3.65. The largest absolute Gasteiger partial charge is 0.484 e. The predicted octanol–water partition coefficient (Wildman–Crippen LogP) is 3.67. The molecule has 0 aromatic heterocycles. The van der Waals surface area contributed by atoms with Crippen LogP contribution in [0.25, 0.3) is 0 Å². The number of halogens is 6. The molecule has 1 nitrogen and oxygen atoms in total. The van der Waals surface area contributed by atoms with Crippen molar-refractivity contribution in [2.75, 3.05) is 6.61 Å². The number of hydrogen-bond donors (Lipinski definition) is 0. The maximum atomic E-state index is 12.8. The summed E-state index contributed by atoms with van der Waals surface area (Å²) in [6.07, 6.45) is -4.54. The summed E-state index contributed by atoms with van der Waals surface area (Å²) < 4.78 is 64.4. The second-order valence-corrected chi connectivity index (χ2v) is 3.40. The predicted molar refractivity (Wildman–Crippen MR) is 45.6 cm³/mol. The summed E-state index contributed by atoms with van der Waals surface area (Å²) in [5.74, 6) is -2.55. The van der Waals surface area contributed by atoms with Crippen molar-refractivity contribution in [2.45, 2.75) is 6.18 Å². The van der Waals surface area contributed by atoms with Crippen molar-refractivity contribution in [3.8, 4) is 5.75 Å². The first-order valence-corrected chi connectivity index (χ1v) is 4.43. The Labute approximate surface area is 90.0 Å². The number of alkyl halides is 3. The molecule has 0 aliphatic carbocycles. The lowest BCUT2D eigenvalue weighted by atomic mass is 10.3. The molecular formula is C8H4BrF5O. The van der Waals surface area contributed by atoms with Crippen LogP contribution >= 0.6 is 15.9 Å². The molecule has 0 aliphatic heterocycles. The maximum absolute atomic E-state index is 12.8. The second kappa shape index (κ2) is 4.34. The number of hydrogen-bond acceptors (Lipinski definition) is 1. The van der Waals surface area contributed by atoms with Gasteiger partial charge in [0, 0.05) is 12.1 Å². The summed E-state index contributed by atoms with van der Waals surface area (Å²) in [6.45, 7) is -1.59. The van der Waals surface area contributed by atoms with Gasteiger partial charge in [0.05, 0.1) is 4.47 Å². The van der Waals surface area contributed by atoms with Crippen LogP contribution < -0.4 is 4.74 Å². The molecule has 0 N–H and O–H groups in total. The smallest absolute Gasteiger partial charge is 0.422 e. The molecule has 0 unspecified atom stereocenters. The molecule has 0 spiro atoms. The van der Waals surface area contributed by atoms with Gasteiger partial charge < -0.3 is 4.74 Å². The average Bonchev–Trinajstić information content (AvgIpc) is 2.09. The van der Waals surface area contributed by atoms with Gasteiger partial charge in [-0.05, 0) is 15.9 Å². The van der Waals surface area contributed by atoms with Crippen molar-refractivity contribution < 1.29 is 26.7 Å². The standard InChI is InChI=1S/C8H4BrF5O/c9-7-5(10)1-4(2-6(7)11)15-3-8(12,13)14/h1-2H,3H2. The van der Waals surface area contributed by atoms with E-state index in [1.54, 1.807) is 0 Å². The fraction of sp³-hybridized carbons (Fsp3) is 0.250. The van der Waals surface area contributed by atoms with E-state index in [0.717, 1.165) is 0 Å². The number of ether oxygens (including phenoxy) is 1. The van der Waals surface area contributed by atoms with Crippen LogP contribution in [-0.2, 0) is 0 Å². The lowest BCUT2D eigenvalue weighted by Gasteiger charge is -2.09. The van der Waals surface area contributed by atoms with E-state index < -0.39 is 34.6 Å². The van der Waals surface area contributed by atoms with E-state index in [9.17, 15) is 22.0 Å². The Morgan fingerprint density at radius 2 is 1.60 bits per heavy atom. The summed E-state index contributed by atoms with van der Waals surface area (Å²) in [5.41, 5.74) is 0. The van der Waals surface area contributed by atoms with Gasteiger partial charge in [-0.15, -0.1) is 0 Å². The monoisotopic (exact) mass is 290 g/mol. The van der Waals surface area contributed by atoms with Gasteiger partial charge >= 0.3 is 6.18 Å². The van der Waals surface area contributed by atoms with Crippen molar-refractivity contribution in [1.82, 2.24) is 0 Å². The van der Waals surface area contributed by atoms with Crippen LogP contribution in [0.3, 0.4) is 0 Å². The van der Waals surface area contributed by atoms with E-state index in [-0.39, 0.29) is 0 Å². The fourth-order valence-corrected chi connectivity index (χ4v) is 1.01. The van der Waals surface area contributed by atoms with Gasteiger partial charge in [0.15, 0.2) is 6.61 Å². The van der Waals surface area contributed by atoms with Gasteiger partial charge in [-0.3, -0.25) is 0 Å². The molecule has 84 valence electrons. The topological polar surface area (TPSA) is 9.23 Å². The van der Waals surface area contributed by atoms with E-state index in [2.05, 4.69) is 20.7 Å². The van der Waals surface area contributed by atoms with Crippen LogP contribution in [0, 0.1) is 11.6 Å². The first kappa shape index (κ1) is 12.2. The van der Waals surface area contributed by atoms with Crippen LogP contribution in [-0.4, -0.2) is 12.8 Å². The summed E-state index contributed by atoms with van der Waals surface area (Å²) in [7, 11) is 0. The van der Waals surface area contributed by atoms with Crippen molar-refractivity contribution in [3.63, 3.8) is 0 Å². The Balaban J connectivity index is 2.80. The molecule has 0 aliphatic rings. The molecular weight excluding hydrogens is 287 g/mol. The second-order valence-electron chi connectivity index (χ2n) is 2.60. The highest BCUT2D eigenvalue weighted by Crippen LogP contribution is 2.26. The van der Waals surface area contributed by atoms with Crippen molar-refractivity contribution in [1.29, 1.82) is 0 Å². The molecule has 1 rings (SSSR count). The first-order chi connectivity index (χ1) is 6.79. The summed E-state index contributed by atoms with van der Waals surface area (Å²) in [5, 5.41) is 0. The van der Waals surface area contributed by atoms with Gasteiger partial charge in [0.1, 0.15) is 17.4 Å². The SMILES string of the molecule is Fc1cc(OCC(F)(F)F)cc(F)c1Br. The third-order valence-electron chi connectivity index (χ3n) is 1.36. The highest BCUT2D eigenvalue weighted by Gasteiger charge is 2.28. The number of rotatable bonds is 2. The Hall–Kier alpha value is -0.850. The van der Waals surface area contributed by atoms with E-state index in [1.165, 1.54) is 0 Å². The molecule has 7 heteroatoms. The molecule has 0 saturated carbocycles. The van der Waals surface area contributed by atoms with Crippen molar-refractivity contribution in [3.05, 3.63) is 28.2 Å². The molecule has 1 aromatic carbocycles. The Kier molecular flexibility index (Phi) is 3.54. The van der Waals surface area contributed by atoms with Crippen LogP contribution in [0.15, 0.2) is 16.6 Å². The minimum atomic E-state index is -4.54. The lowest BCUT2D eigenvalue weighted by molar-refractivity contribution is -0.153. The molecule has 1 aromatic rings. The molecule has 0 amide bonds. The lowest BCUT2D eigenvalue weighted by Crippen LogP contribution is -2.19. The van der Waals surface area contributed by atoms with Crippen molar-refractivity contribution >= 4 is 15.9 Å². The zero-order valence-electron chi connectivity index (χ0n) is 7.04. The summed E-state index contributed by atoms with van der Waals surface area (Å²) in [4.78, 5) is 0. The Morgan fingerprint density at radius 1 is 1.13 bits per heavy atom. The minimum Gasteiger partial charge on any atom is -0.484 e. The highest BCUT2D eigenvalue weighted by atomic mass is 79.9. The first-order valence-electron chi connectivity index (χ1n) is 3.63. The van der Waals surface area contributed by atoms with Crippen LogP contribution in [0.1, 0.15) is 0 Å². The van der Waals surface area contributed by atoms with Crippen LogP contribution in [0.2, 0.25) is 0 Å². The normalized spacial score (nSPS) is 11.6. The molecule has 0 fully saturated rings. The van der Waals surface area contributed by atoms with E-state index in [4.69, 9.17) is 0 Å². The quantitative estimate of drug-likeness (QED) is 0.596. The van der Waals surface area contributed by atoms with Gasteiger partial charge in [-0.1, -0.05) is 0 Å². The molecule has 15 heavy (non-hydrogen) atoms. The van der Waals surface area contributed by atoms with Gasteiger partial charge in [0.25, 0.3) is 0 Å². The van der Waals surface area contributed by atoms with Gasteiger partial charge in [0.2, 0.25) is 0 Å². The van der Waals surface area contributed by atoms with E-state index >= 15 is 0 Å². The highest BCUT2D eigenvalue weighted by molar-refractivity contribution is 9.10. The zero-order chi connectivity index (χ0) is 11.6. The van der Waals surface area contributed by atoms with Gasteiger partial charge in [-0.2, -0.15) is 13.2 Å². The van der Waals surface area contributed by atoms with Crippen LogP contribution in [0.4, 0.5) is 22.0 Å². The van der Waals surface area contributed by atoms with E-state index in [0.29, 0.717) is 12.1 Å².